The van der Waals surface area contributed by atoms with Gasteiger partial charge in [0.25, 0.3) is 0 Å². The lowest BCUT2D eigenvalue weighted by Crippen LogP contribution is -2.51. The number of phenols is 2. The summed E-state index contributed by atoms with van der Waals surface area (Å²) in [6.07, 6.45) is -1.89. The van der Waals surface area contributed by atoms with E-state index in [1.807, 2.05) is 0 Å². The van der Waals surface area contributed by atoms with Crippen LogP contribution in [-0.2, 0) is 14.3 Å². The lowest BCUT2D eigenvalue weighted by molar-refractivity contribution is -0.240. The van der Waals surface area contributed by atoms with E-state index < -0.39 is 53.7 Å². The van der Waals surface area contributed by atoms with Crippen molar-refractivity contribution < 1.29 is 43.9 Å². The molecule has 3 aliphatic rings. The number of ether oxygens (including phenoxy) is 3. The van der Waals surface area contributed by atoms with Gasteiger partial charge in [0.2, 0.25) is 5.78 Å². The highest BCUT2D eigenvalue weighted by Gasteiger charge is 2.43. The maximum atomic E-state index is 13.6. The Bertz CT molecular complexity index is 1370. The van der Waals surface area contributed by atoms with Crippen molar-refractivity contribution in [3.05, 3.63) is 57.2 Å². The number of aliphatic hydroxyl groups excluding tert-OH is 1. The quantitative estimate of drug-likeness (QED) is 0.383. The molecule has 5 rings (SSSR count). The van der Waals surface area contributed by atoms with Gasteiger partial charge >= 0.3 is 0 Å². The van der Waals surface area contributed by atoms with Gasteiger partial charge in [0, 0.05) is 35.6 Å². The lowest BCUT2D eigenvalue weighted by atomic mass is 9.77. The van der Waals surface area contributed by atoms with Crippen LogP contribution >= 0.6 is 0 Å². The van der Waals surface area contributed by atoms with Crippen LogP contribution in [0.3, 0.4) is 0 Å². The van der Waals surface area contributed by atoms with Gasteiger partial charge in [-0.1, -0.05) is 12.1 Å². The van der Waals surface area contributed by atoms with Gasteiger partial charge in [-0.2, -0.15) is 0 Å². The van der Waals surface area contributed by atoms with E-state index in [1.165, 1.54) is 32.2 Å². The van der Waals surface area contributed by atoms with Gasteiger partial charge in [0.15, 0.2) is 17.9 Å². The third kappa shape index (κ3) is 3.84. The molecule has 5 N–H and O–H groups in total. The predicted molar refractivity (Wildman–Crippen MR) is 130 cm³/mol. The SMILES string of the molecule is COc1cccc2c1C(=O)c1c(O)c3c(c(O)c1C2=O)C=C(C(C)=O)CC3OC1CC(N)C(O)C(C)O1. The monoisotopic (exact) mass is 509 g/mol. The molecule has 2 aromatic rings. The van der Waals surface area contributed by atoms with E-state index in [-0.39, 0.29) is 63.3 Å². The summed E-state index contributed by atoms with van der Waals surface area (Å²) in [5.74, 6) is -2.56. The number of nitrogens with two attached hydrogens (primary N) is 1. The number of carbonyl (C=O) groups is 3. The van der Waals surface area contributed by atoms with Crippen LogP contribution in [0.4, 0.5) is 0 Å². The molecule has 10 heteroatoms. The zero-order chi connectivity index (χ0) is 26.8. The predicted octanol–water partition coefficient (Wildman–Crippen LogP) is 2.14. The van der Waals surface area contributed by atoms with Gasteiger partial charge in [-0.25, -0.2) is 0 Å². The first-order valence-electron chi connectivity index (χ1n) is 11.9. The molecule has 0 bridgehead atoms. The number of Topliss-reactive ketones (excluding diaryl/α,β-unsaturated/α-hetero) is 1. The number of aliphatic hydroxyl groups is 1. The van der Waals surface area contributed by atoms with E-state index in [0.717, 1.165) is 0 Å². The molecular weight excluding hydrogens is 482 g/mol. The van der Waals surface area contributed by atoms with Crippen LogP contribution < -0.4 is 10.5 Å². The standard InChI is InChI=1S/C27H27NO9/c1-10(29)12-7-14-20(17(8-12)37-18-9-15(28)23(30)11(2)36-18)27(34)22-21(25(14)32)24(31)13-5-4-6-16(35-3)19(13)26(22)33/h4-7,11,15,17-18,23,30,32,34H,8-9,28H2,1-3H3. The second-order valence-electron chi connectivity index (χ2n) is 9.53. The Morgan fingerprint density at radius 2 is 1.81 bits per heavy atom. The van der Waals surface area contributed by atoms with Gasteiger partial charge in [-0.05, 0) is 31.6 Å². The summed E-state index contributed by atoms with van der Waals surface area (Å²) in [4.78, 5) is 39.4. The Hall–Kier alpha value is -3.57. The van der Waals surface area contributed by atoms with Crippen LogP contribution in [0, 0.1) is 0 Å². The van der Waals surface area contributed by atoms with Crippen molar-refractivity contribution in [2.75, 3.05) is 7.11 Å². The molecule has 5 atom stereocenters. The highest BCUT2D eigenvalue weighted by atomic mass is 16.7. The topological polar surface area (TPSA) is 166 Å². The molecule has 0 saturated carbocycles. The van der Waals surface area contributed by atoms with Crippen molar-refractivity contribution in [1.29, 1.82) is 0 Å². The highest BCUT2D eigenvalue weighted by Crippen LogP contribution is 2.51. The van der Waals surface area contributed by atoms with Crippen LogP contribution in [0.1, 0.15) is 75.8 Å². The first kappa shape index (κ1) is 25.1. The van der Waals surface area contributed by atoms with E-state index in [1.54, 1.807) is 13.0 Å². The molecule has 0 spiro atoms. The fourth-order valence-electron chi connectivity index (χ4n) is 5.31. The Morgan fingerprint density at radius 3 is 2.46 bits per heavy atom. The Morgan fingerprint density at radius 1 is 1.11 bits per heavy atom. The second-order valence-corrected chi connectivity index (χ2v) is 9.53. The minimum atomic E-state index is -1.02. The highest BCUT2D eigenvalue weighted by molar-refractivity contribution is 6.31. The largest absolute Gasteiger partial charge is 0.507 e. The van der Waals surface area contributed by atoms with Crippen molar-refractivity contribution >= 4 is 23.4 Å². The van der Waals surface area contributed by atoms with Gasteiger partial charge in [0.1, 0.15) is 17.2 Å². The van der Waals surface area contributed by atoms with Crippen LogP contribution in [0.2, 0.25) is 0 Å². The summed E-state index contributed by atoms with van der Waals surface area (Å²) in [7, 11) is 1.36. The minimum Gasteiger partial charge on any atom is -0.507 e. The summed E-state index contributed by atoms with van der Waals surface area (Å²) < 4.78 is 17.2. The lowest BCUT2D eigenvalue weighted by Gasteiger charge is -2.38. The maximum absolute atomic E-state index is 13.6. The van der Waals surface area contributed by atoms with Gasteiger partial charge in [-0.15, -0.1) is 0 Å². The molecule has 2 aromatic carbocycles. The summed E-state index contributed by atoms with van der Waals surface area (Å²) >= 11 is 0. The Kier molecular flexibility index (Phi) is 6.15. The molecule has 0 amide bonds. The van der Waals surface area contributed by atoms with Crippen LogP contribution in [0.15, 0.2) is 23.8 Å². The number of benzene rings is 2. The number of hydrogen-bond donors (Lipinski definition) is 4. The number of methoxy groups -OCH3 is 1. The van der Waals surface area contributed by atoms with Crippen molar-refractivity contribution in [2.24, 2.45) is 5.73 Å². The number of ketones is 3. The zero-order valence-corrected chi connectivity index (χ0v) is 20.5. The van der Waals surface area contributed by atoms with Crippen molar-refractivity contribution in [1.82, 2.24) is 0 Å². The molecule has 0 aromatic heterocycles. The van der Waals surface area contributed by atoms with E-state index in [0.29, 0.717) is 0 Å². The van der Waals surface area contributed by atoms with E-state index in [9.17, 15) is 29.7 Å². The number of aromatic hydroxyl groups is 2. The maximum Gasteiger partial charge on any atom is 0.202 e. The summed E-state index contributed by atoms with van der Waals surface area (Å²) in [5, 5.41) is 32.8. The number of hydrogen-bond acceptors (Lipinski definition) is 10. The molecule has 1 aliphatic heterocycles. The number of phenolic OH excluding ortho intramolecular Hbond substituents is 2. The molecule has 37 heavy (non-hydrogen) atoms. The average molecular weight is 510 g/mol. The smallest absolute Gasteiger partial charge is 0.202 e. The number of fused-ring (bicyclic) bond motifs is 3. The van der Waals surface area contributed by atoms with Crippen LogP contribution in [0.5, 0.6) is 17.2 Å². The first-order valence-corrected chi connectivity index (χ1v) is 11.9. The molecule has 10 nitrogen and oxygen atoms in total. The number of rotatable bonds is 4. The van der Waals surface area contributed by atoms with Crippen LogP contribution in [-0.4, -0.2) is 64.3 Å². The van der Waals surface area contributed by atoms with Crippen molar-refractivity contribution in [3.63, 3.8) is 0 Å². The Balaban J connectivity index is 1.68. The molecule has 194 valence electrons. The van der Waals surface area contributed by atoms with E-state index >= 15 is 0 Å². The first-order chi connectivity index (χ1) is 17.5. The van der Waals surface area contributed by atoms with Crippen molar-refractivity contribution in [2.45, 2.75) is 57.3 Å². The fraction of sp³-hybridized carbons (Fsp3) is 0.370. The molecular formula is C27H27NO9. The summed E-state index contributed by atoms with van der Waals surface area (Å²) in [6, 6.07) is 3.89. The average Bonchev–Trinajstić information content (AvgIpc) is 2.86. The third-order valence-electron chi connectivity index (χ3n) is 7.26. The molecule has 5 unspecified atom stereocenters. The molecule has 1 heterocycles. The van der Waals surface area contributed by atoms with Crippen molar-refractivity contribution in [3.8, 4) is 17.2 Å². The van der Waals surface area contributed by atoms with Gasteiger partial charge in [-0.3, -0.25) is 14.4 Å². The second kappa shape index (κ2) is 9.07. The van der Waals surface area contributed by atoms with Gasteiger partial charge in [0.05, 0.1) is 42.1 Å². The minimum absolute atomic E-state index is 0.0124. The van der Waals surface area contributed by atoms with Crippen LogP contribution in [0.25, 0.3) is 6.08 Å². The fourth-order valence-corrected chi connectivity index (χ4v) is 5.31. The van der Waals surface area contributed by atoms with Gasteiger partial charge < -0.3 is 35.3 Å². The molecule has 0 radical (unpaired) electrons. The zero-order valence-electron chi connectivity index (χ0n) is 20.5. The number of carbonyl (C=O) groups excluding carboxylic acids is 3. The summed E-state index contributed by atoms with van der Waals surface area (Å²) in [6.45, 7) is 3.00. The Labute approximate surface area is 212 Å². The molecule has 1 fully saturated rings. The summed E-state index contributed by atoms with van der Waals surface area (Å²) in [5.41, 5.74) is 5.68. The molecule has 2 aliphatic carbocycles. The third-order valence-corrected chi connectivity index (χ3v) is 7.26. The normalized spacial score (nSPS) is 26.6. The van der Waals surface area contributed by atoms with E-state index in [2.05, 4.69) is 0 Å². The van der Waals surface area contributed by atoms with E-state index in [4.69, 9.17) is 19.9 Å². The molecule has 1 saturated heterocycles.